The second kappa shape index (κ2) is 10.1. The van der Waals surface area contributed by atoms with Crippen LogP contribution < -0.4 is 5.32 Å². The number of benzene rings is 3. The number of hydrogen-bond acceptors (Lipinski definition) is 5. The van der Waals surface area contributed by atoms with Gasteiger partial charge in [-0.25, -0.2) is 9.40 Å². The fraction of sp³-hybridized carbons (Fsp3) is 0.214. The average Bonchev–Trinajstić information content (AvgIpc) is 3.46. The van der Waals surface area contributed by atoms with E-state index in [2.05, 4.69) is 10.3 Å². The standard InChI is InChI=1S/C28H25FN4O2S/c1-17-8-13-22(18(2)14-17)30-26(34)16-25-27(35)31-28(36-25)33-24(20-9-11-21(29)12-10-20)15-23(32-33)19-6-4-3-5-7-19/h3-14,24-25H,15-16H2,1-2H3,(H,30,34)/t24-,25-/m0/s1. The highest BCUT2D eigenvalue weighted by Crippen LogP contribution is 2.38. The Morgan fingerprint density at radius 2 is 1.83 bits per heavy atom. The first-order valence-electron chi connectivity index (χ1n) is 11.7. The number of carbonyl (C=O) groups excluding carboxylic acids is 2. The normalized spacial score (nSPS) is 19.3. The van der Waals surface area contributed by atoms with Gasteiger partial charge in [0.1, 0.15) is 11.1 Å². The van der Waals surface area contributed by atoms with E-state index in [0.717, 1.165) is 33.7 Å². The van der Waals surface area contributed by atoms with Crippen molar-refractivity contribution in [3.8, 4) is 0 Å². The lowest BCUT2D eigenvalue weighted by molar-refractivity contribution is -0.121. The summed E-state index contributed by atoms with van der Waals surface area (Å²) < 4.78 is 13.6. The van der Waals surface area contributed by atoms with Crippen molar-refractivity contribution < 1.29 is 14.0 Å². The molecular formula is C28H25FN4O2S. The number of aliphatic imine (C=N–C) groups is 1. The third kappa shape index (κ3) is 5.09. The van der Waals surface area contributed by atoms with E-state index < -0.39 is 5.25 Å². The number of nitrogens with one attached hydrogen (secondary N) is 1. The predicted molar refractivity (Wildman–Crippen MR) is 142 cm³/mol. The molecule has 0 saturated heterocycles. The maximum Gasteiger partial charge on any atom is 0.262 e. The summed E-state index contributed by atoms with van der Waals surface area (Å²) in [4.78, 5) is 29.8. The molecule has 2 heterocycles. The Hall–Kier alpha value is -3.78. The number of thioether (sulfide) groups is 1. The molecule has 3 aromatic carbocycles. The van der Waals surface area contributed by atoms with Crippen LogP contribution in [0, 0.1) is 19.7 Å². The smallest absolute Gasteiger partial charge is 0.262 e. The predicted octanol–water partition coefficient (Wildman–Crippen LogP) is 5.62. The summed E-state index contributed by atoms with van der Waals surface area (Å²) in [7, 11) is 0. The molecule has 0 bridgehead atoms. The van der Waals surface area contributed by atoms with Gasteiger partial charge in [-0.05, 0) is 48.7 Å². The summed E-state index contributed by atoms with van der Waals surface area (Å²) in [5.41, 5.74) is 5.52. The molecule has 0 aliphatic carbocycles. The number of aryl methyl sites for hydroxylation is 2. The van der Waals surface area contributed by atoms with Crippen LogP contribution >= 0.6 is 11.8 Å². The van der Waals surface area contributed by atoms with Crippen molar-refractivity contribution in [2.24, 2.45) is 10.1 Å². The maximum absolute atomic E-state index is 13.6. The first-order chi connectivity index (χ1) is 17.4. The highest BCUT2D eigenvalue weighted by Gasteiger charge is 2.39. The molecule has 5 rings (SSSR count). The first kappa shape index (κ1) is 23.9. The van der Waals surface area contributed by atoms with Gasteiger partial charge in [0.2, 0.25) is 5.91 Å². The van der Waals surface area contributed by atoms with Gasteiger partial charge in [-0.1, -0.05) is 71.9 Å². The van der Waals surface area contributed by atoms with Crippen LogP contribution in [0.3, 0.4) is 0 Å². The Kier molecular flexibility index (Phi) is 6.69. The Bertz CT molecular complexity index is 1370. The molecule has 2 amide bonds. The zero-order valence-corrected chi connectivity index (χ0v) is 20.8. The van der Waals surface area contributed by atoms with Crippen molar-refractivity contribution in [1.82, 2.24) is 5.01 Å². The molecule has 2 aliphatic heterocycles. The van der Waals surface area contributed by atoms with E-state index >= 15 is 0 Å². The topological polar surface area (TPSA) is 74.1 Å². The van der Waals surface area contributed by atoms with Crippen LogP contribution in [0.1, 0.15) is 41.1 Å². The largest absolute Gasteiger partial charge is 0.326 e. The van der Waals surface area contributed by atoms with E-state index in [-0.39, 0.29) is 30.1 Å². The fourth-order valence-electron chi connectivity index (χ4n) is 4.36. The number of carbonyl (C=O) groups is 2. The van der Waals surface area contributed by atoms with Crippen molar-refractivity contribution in [3.05, 3.63) is 101 Å². The van der Waals surface area contributed by atoms with Gasteiger partial charge in [-0.15, -0.1) is 0 Å². The molecule has 6 nitrogen and oxygen atoms in total. The lowest BCUT2D eigenvalue weighted by Crippen LogP contribution is -2.25. The molecule has 36 heavy (non-hydrogen) atoms. The zero-order chi connectivity index (χ0) is 25.2. The van der Waals surface area contributed by atoms with Crippen LogP contribution in [-0.2, 0) is 9.59 Å². The van der Waals surface area contributed by atoms with Gasteiger partial charge in [-0.2, -0.15) is 10.1 Å². The fourth-order valence-corrected chi connectivity index (χ4v) is 5.43. The van der Waals surface area contributed by atoms with E-state index in [1.807, 2.05) is 62.4 Å². The number of hydrazone groups is 1. The molecule has 182 valence electrons. The third-order valence-corrected chi connectivity index (χ3v) is 7.37. The highest BCUT2D eigenvalue weighted by molar-refractivity contribution is 8.15. The Balaban J connectivity index is 1.34. The van der Waals surface area contributed by atoms with Gasteiger partial charge < -0.3 is 5.32 Å². The Morgan fingerprint density at radius 3 is 2.56 bits per heavy atom. The second-order valence-electron chi connectivity index (χ2n) is 8.94. The van der Waals surface area contributed by atoms with Crippen LogP contribution in [-0.4, -0.2) is 33.0 Å². The van der Waals surface area contributed by atoms with Crippen molar-refractivity contribution in [3.63, 3.8) is 0 Å². The minimum atomic E-state index is -0.629. The summed E-state index contributed by atoms with van der Waals surface area (Å²) >= 11 is 1.24. The second-order valence-corrected chi connectivity index (χ2v) is 10.1. The van der Waals surface area contributed by atoms with E-state index in [9.17, 15) is 14.0 Å². The van der Waals surface area contributed by atoms with Crippen LogP contribution in [0.2, 0.25) is 0 Å². The summed E-state index contributed by atoms with van der Waals surface area (Å²) in [6, 6.07) is 21.7. The van der Waals surface area contributed by atoms with E-state index in [0.29, 0.717) is 11.6 Å². The summed E-state index contributed by atoms with van der Waals surface area (Å²) in [6.07, 6.45) is 0.593. The van der Waals surface area contributed by atoms with Gasteiger partial charge >= 0.3 is 0 Å². The van der Waals surface area contributed by atoms with Gasteiger partial charge in [0.25, 0.3) is 5.91 Å². The monoisotopic (exact) mass is 500 g/mol. The molecule has 3 aromatic rings. The van der Waals surface area contributed by atoms with Crippen molar-refractivity contribution in [1.29, 1.82) is 0 Å². The van der Waals surface area contributed by atoms with E-state index in [1.165, 1.54) is 23.9 Å². The van der Waals surface area contributed by atoms with Crippen LogP contribution in [0.25, 0.3) is 0 Å². The highest BCUT2D eigenvalue weighted by atomic mass is 32.2. The van der Waals surface area contributed by atoms with Crippen LogP contribution in [0.4, 0.5) is 10.1 Å². The molecule has 8 heteroatoms. The molecule has 0 unspecified atom stereocenters. The van der Waals surface area contributed by atoms with E-state index in [4.69, 9.17) is 5.10 Å². The lowest BCUT2D eigenvalue weighted by atomic mass is 9.99. The number of amidine groups is 1. The molecule has 0 spiro atoms. The molecule has 0 saturated carbocycles. The number of amides is 2. The molecule has 2 aliphatic rings. The van der Waals surface area contributed by atoms with Gasteiger partial charge in [0.15, 0.2) is 5.17 Å². The molecule has 0 fully saturated rings. The summed E-state index contributed by atoms with van der Waals surface area (Å²) in [5, 5.41) is 9.27. The average molecular weight is 501 g/mol. The SMILES string of the molecule is Cc1ccc(NC(=O)C[C@@H]2SC(N3N=C(c4ccccc4)C[C@H]3c3ccc(F)cc3)=NC2=O)c(C)c1. The van der Waals surface area contributed by atoms with Gasteiger partial charge in [-0.3, -0.25) is 9.59 Å². The minimum Gasteiger partial charge on any atom is -0.326 e. The van der Waals surface area contributed by atoms with Crippen LogP contribution in [0.15, 0.2) is 82.9 Å². The number of rotatable bonds is 5. The Morgan fingerprint density at radius 1 is 1.08 bits per heavy atom. The quantitative estimate of drug-likeness (QED) is 0.493. The van der Waals surface area contributed by atoms with Crippen LogP contribution in [0.5, 0.6) is 0 Å². The van der Waals surface area contributed by atoms with Gasteiger partial charge in [0.05, 0.1) is 11.8 Å². The summed E-state index contributed by atoms with van der Waals surface area (Å²) in [6.45, 7) is 3.93. The number of hydrogen-bond donors (Lipinski definition) is 1. The minimum absolute atomic E-state index is 0.00806. The first-order valence-corrected chi connectivity index (χ1v) is 12.6. The van der Waals surface area contributed by atoms with Crippen molar-refractivity contribution in [2.45, 2.75) is 38.0 Å². The van der Waals surface area contributed by atoms with Crippen molar-refractivity contribution >= 4 is 40.1 Å². The Labute approximate surface area is 213 Å². The number of anilines is 1. The van der Waals surface area contributed by atoms with Gasteiger partial charge in [0, 0.05) is 18.5 Å². The zero-order valence-electron chi connectivity index (χ0n) is 19.9. The molecule has 1 N–H and O–H groups in total. The number of nitrogens with zero attached hydrogens (tertiary/aromatic N) is 3. The maximum atomic E-state index is 13.6. The van der Waals surface area contributed by atoms with Crippen molar-refractivity contribution in [2.75, 3.05) is 5.32 Å². The van der Waals surface area contributed by atoms with E-state index in [1.54, 1.807) is 17.1 Å². The molecule has 0 radical (unpaired) electrons. The summed E-state index contributed by atoms with van der Waals surface area (Å²) in [5.74, 6) is -0.911. The molecular weight excluding hydrogens is 475 g/mol. The lowest BCUT2D eigenvalue weighted by Gasteiger charge is -2.23. The third-order valence-electron chi connectivity index (χ3n) is 6.22. The molecule has 0 aromatic heterocycles. The molecule has 2 atom stereocenters. The number of halogens is 1.